The summed E-state index contributed by atoms with van der Waals surface area (Å²) in [5, 5.41) is 2.93. The largest absolute Gasteiger partial charge is 0.494 e. The molecule has 1 aliphatic rings. The summed E-state index contributed by atoms with van der Waals surface area (Å²) in [6.07, 6.45) is 8.85. The maximum atomic E-state index is 12.1. The predicted octanol–water partition coefficient (Wildman–Crippen LogP) is 4.47. The Labute approximate surface area is 178 Å². The molecule has 0 unspecified atom stereocenters. The van der Waals surface area contributed by atoms with Gasteiger partial charge in [-0.25, -0.2) is 4.98 Å². The first-order valence-electron chi connectivity index (χ1n) is 10.7. The van der Waals surface area contributed by atoms with Gasteiger partial charge in [-0.2, -0.15) is 0 Å². The quantitative estimate of drug-likeness (QED) is 0.462. The van der Waals surface area contributed by atoms with Crippen LogP contribution in [0.25, 0.3) is 0 Å². The topological polar surface area (TPSA) is 77.5 Å². The highest BCUT2D eigenvalue weighted by atomic mass is 16.5. The number of hydrogen-bond donors (Lipinski definition) is 1. The Morgan fingerprint density at radius 1 is 1.13 bits per heavy atom. The number of aromatic nitrogens is 1. The van der Waals surface area contributed by atoms with Gasteiger partial charge >= 0.3 is 0 Å². The van der Waals surface area contributed by atoms with Crippen LogP contribution in [0.15, 0.2) is 42.6 Å². The number of ketones is 1. The van der Waals surface area contributed by atoms with E-state index >= 15 is 0 Å². The van der Waals surface area contributed by atoms with Gasteiger partial charge in [0.2, 0.25) is 11.8 Å². The fourth-order valence-corrected chi connectivity index (χ4v) is 3.50. The van der Waals surface area contributed by atoms with E-state index < -0.39 is 0 Å². The molecule has 1 saturated carbocycles. The number of pyridine rings is 1. The standard InChI is InChI=1S/C24H30N2O4/c1-18(27)20-7-5-10-22(16-20)29-14-6-11-23(28)26-17-19-12-13-25-24(15-19)30-21-8-3-2-4-9-21/h5,7,10,12-13,15-16,21H,2-4,6,8-9,11,14,17H2,1H3,(H,26,28). The van der Waals surface area contributed by atoms with E-state index in [0.29, 0.717) is 43.2 Å². The normalized spacial score (nSPS) is 14.2. The highest BCUT2D eigenvalue weighted by Crippen LogP contribution is 2.22. The minimum Gasteiger partial charge on any atom is -0.494 e. The van der Waals surface area contributed by atoms with Crippen molar-refractivity contribution in [3.63, 3.8) is 0 Å². The van der Waals surface area contributed by atoms with Crippen LogP contribution < -0.4 is 14.8 Å². The summed E-state index contributed by atoms with van der Waals surface area (Å²) in [6, 6.07) is 10.9. The lowest BCUT2D eigenvalue weighted by atomic mass is 9.98. The summed E-state index contributed by atoms with van der Waals surface area (Å²) < 4.78 is 11.6. The van der Waals surface area contributed by atoms with E-state index in [4.69, 9.17) is 9.47 Å². The molecule has 6 heteroatoms. The summed E-state index contributed by atoms with van der Waals surface area (Å²) in [7, 11) is 0. The SMILES string of the molecule is CC(=O)c1cccc(OCCCC(=O)NCc2ccnc(OC3CCCCC3)c2)c1. The zero-order valence-electron chi connectivity index (χ0n) is 17.6. The Bertz CT molecular complexity index is 847. The Hall–Kier alpha value is -2.89. The average Bonchev–Trinajstić information content (AvgIpc) is 2.76. The summed E-state index contributed by atoms with van der Waals surface area (Å²) in [4.78, 5) is 27.8. The molecule has 0 aliphatic heterocycles. The average molecular weight is 411 g/mol. The molecule has 1 fully saturated rings. The molecule has 0 spiro atoms. The lowest BCUT2D eigenvalue weighted by Gasteiger charge is -2.22. The number of nitrogens with zero attached hydrogens (tertiary/aromatic N) is 1. The molecule has 1 aliphatic carbocycles. The number of nitrogens with one attached hydrogen (secondary N) is 1. The van der Waals surface area contributed by atoms with Crippen LogP contribution >= 0.6 is 0 Å². The van der Waals surface area contributed by atoms with Crippen LogP contribution in [0.2, 0.25) is 0 Å². The number of Topliss-reactive ketones (excluding diaryl/α,β-unsaturated/α-hetero) is 1. The molecule has 2 aromatic rings. The number of ether oxygens (including phenoxy) is 2. The molecule has 0 bridgehead atoms. The smallest absolute Gasteiger partial charge is 0.220 e. The molecule has 160 valence electrons. The third-order valence-electron chi connectivity index (χ3n) is 5.19. The van der Waals surface area contributed by atoms with Crippen molar-refractivity contribution >= 4 is 11.7 Å². The highest BCUT2D eigenvalue weighted by Gasteiger charge is 2.15. The number of amides is 1. The molecular formula is C24H30N2O4. The Balaban J connectivity index is 1.36. The van der Waals surface area contributed by atoms with Crippen molar-refractivity contribution < 1.29 is 19.1 Å². The van der Waals surface area contributed by atoms with Gasteiger partial charge in [0.15, 0.2) is 5.78 Å². The first kappa shape index (κ1) is 21.8. The minimum absolute atomic E-state index is 0.00300. The molecule has 1 heterocycles. The fourth-order valence-electron chi connectivity index (χ4n) is 3.50. The van der Waals surface area contributed by atoms with Gasteiger partial charge in [0.05, 0.1) is 6.61 Å². The summed E-state index contributed by atoms with van der Waals surface area (Å²) in [5.74, 6) is 1.26. The van der Waals surface area contributed by atoms with Gasteiger partial charge in [-0.1, -0.05) is 18.6 Å². The van der Waals surface area contributed by atoms with Gasteiger partial charge in [0.1, 0.15) is 11.9 Å². The second kappa shape index (κ2) is 11.3. The van der Waals surface area contributed by atoms with Crippen LogP contribution in [0.3, 0.4) is 0 Å². The van der Waals surface area contributed by atoms with Crippen molar-refractivity contribution in [3.8, 4) is 11.6 Å². The van der Waals surface area contributed by atoms with Crippen LogP contribution in [0.1, 0.15) is 67.8 Å². The molecule has 3 rings (SSSR count). The van der Waals surface area contributed by atoms with E-state index in [1.165, 1.54) is 26.2 Å². The van der Waals surface area contributed by atoms with Crippen LogP contribution in [-0.2, 0) is 11.3 Å². The molecule has 0 atom stereocenters. The molecule has 0 radical (unpaired) electrons. The van der Waals surface area contributed by atoms with Gasteiger partial charge in [-0.3, -0.25) is 9.59 Å². The van der Waals surface area contributed by atoms with Crippen molar-refractivity contribution in [1.29, 1.82) is 0 Å². The van der Waals surface area contributed by atoms with Gasteiger partial charge in [0.25, 0.3) is 0 Å². The fraction of sp³-hybridized carbons (Fsp3) is 0.458. The van der Waals surface area contributed by atoms with Crippen LogP contribution in [0.5, 0.6) is 11.6 Å². The number of carbonyl (C=O) groups is 2. The van der Waals surface area contributed by atoms with E-state index in [1.54, 1.807) is 24.4 Å². The van der Waals surface area contributed by atoms with Crippen LogP contribution in [0.4, 0.5) is 0 Å². The summed E-state index contributed by atoms with van der Waals surface area (Å²) >= 11 is 0. The highest BCUT2D eigenvalue weighted by molar-refractivity contribution is 5.94. The van der Waals surface area contributed by atoms with E-state index in [-0.39, 0.29) is 17.8 Å². The lowest BCUT2D eigenvalue weighted by molar-refractivity contribution is -0.121. The molecule has 30 heavy (non-hydrogen) atoms. The number of benzene rings is 1. The third-order valence-corrected chi connectivity index (χ3v) is 5.19. The third kappa shape index (κ3) is 7.17. The first-order chi connectivity index (χ1) is 14.6. The zero-order chi connectivity index (χ0) is 21.2. The maximum Gasteiger partial charge on any atom is 0.220 e. The number of carbonyl (C=O) groups excluding carboxylic acids is 2. The number of hydrogen-bond acceptors (Lipinski definition) is 5. The molecule has 1 aromatic carbocycles. The Morgan fingerprint density at radius 3 is 2.77 bits per heavy atom. The second-order valence-electron chi connectivity index (χ2n) is 7.69. The lowest BCUT2D eigenvalue weighted by Crippen LogP contribution is -2.23. The predicted molar refractivity (Wildman–Crippen MR) is 115 cm³/mol. The van der Waals surface area contributed by atoms with E-state index in [0.717, 1.165) is 18.4 Å². The molecular weight excluding hydrogens is 380 g/mol. The first-order valence-corrected chi connectivity index (χ1v) is 10.7. The van der Waals surface area contributed by atoms with Crippen molar-refractivity contribution in [2.24, 2.45) is 0 Å². The molecule has 1 amide bonds. The minimum atomic E-state index is -0.0253. The van der Waals surface area contributed by atoms with Gasteiger partial charge < -0.3 is 14.8 Å². The Kier molecular flexibility index (Phi) is 8.24. The monoisotopic (exact) mass is 410 g/mol. The van der Waals surface area contributed by atoms with Crippen LogP contribution in [0, 0.1) is 0 Å². The van der Waals surface area contributed by atoms with Crippen LogP contribution in [-0.4, -0.2) is 29.4 Å². The molecule has 1 N–H and O–H groups in total. The molecule has 1 aromatic heterocycles. The van der Waals surface area contributed by atoms with Crippen molar-refractivity contribution in [2.75, 3.05) is 6.61 Å². The van der Waals surface area contributed by atoms with E-state index in [9.17, 15) is 9.59 Å². The van der Waals surface area contributed by atoms with Gasteiger partial charge in [0, 0.05) is 30.8 Å². The van der Waals surface area contributed by atoms with Crippen molar-refractivity contribution in [2.45, 2.75) is 64.5 Å². The van der Waals surface area contributed by atoms with E-state index in [1.807, 2.05) is 18.2 Å². The maximum absolute atomic E-state index is 12.1. The summed E-state index contributed by atoms with van der Waals surface area (Å²) in [5.41, 5.74) is 1.59. The van der Waals surface area contributed by atoms with Gasteiger partial charge in [-0.15, -0.1) is 0 Å². The summed E-state index contributed by atoms with van der Waals surface area (Å²) in [6.45, 7) is 2.39. The zero-order valence-corrected chi connectivity index (χ0v) is 17.6. The van der Waals surface area contributed by atoms with Crippen molar-refractivity contribution in [1.82, 2.24) is 10.3 Å². The van der Waals surface area contributed by atoms with Crippen molar-refractivity contribution in [3.05, 3.63) is 53.7 Å². The number of rotatable bonds is 10. The Morgan fingerprint density at radius 2 is 1.97 bits per heavy atom. The molecule has 6 nitrogen and oxygen atoms in total. The van der Waals surface area contributed by atoms with Gasteiger partial charge in [-0.05, 0) is 62.8 Å². The molecule has 0 saturated heterocycles. The second-order valence-corrected chi connectivity index (χ2v) is 7.69. The van der Waals surface area contributed by atoms with E-state index in [2.05, 4.69) is 10.3 Å².